The number of fused-ring (bicyclic) bond motifs is 3. The Morgan fingerprint density at radius 3 is 1.76 bits per heavy atom. The molecular weight excluding hydrogens is 498 g/mol. The molecule has 0 saturated heterocycles. The Bertz CT molecular complexity index is 1890. The van der Waals surface area contributed by atoms with E-state index in [1.165, 1.54) is 27.8 Å². The number of rotatable bonds is 4. The highest BCUT2D eigenvalue weighted by molar-refractivity contribution is 5.86. The van der Waals surface area contributed by atoms with Crippen molar-refractivity contribution in [2.45, 2.75) is 19.3 Å². The van der Waals surface area contributed by atoms with Crippen LogP contribution in [0.1, 0.15) is 25.0 Å². The zero-order valence-corrected chi connectivity index (χ0v) is 23.0. The van der Waals surface area contributed by atoms with E-state index in [0.717, 1.165) is 33.6 Å². The standard InChI is InChI=1S/C38H27N3/c1-38(2)33-21-18-29(22-32(33)31-20-19-30(39-3)23-34(31)38)25-14-16-27(17-15-25)36-24-35(26-10-6-4-7-11-26)40-37(41-36)28-12-8-5-9-13-28/h4-24H,1-2H3. The Hall–Kier alpha value is -5.33. The smallest absolute Gasteiger partial charge is 0.187 e. The normalized spacial score (nSPS) is 12.8. The van der Waals surface area contributed by atoms with E-state index in [0.29, 0.717) is 11.5 Å². The average molecular weight is 526 g/mol. The van der Waals surface area contributed by atoms with Gasteiger partial charge in [-0.05, 0) is 45.5 Å². The molecule has 0 N–H and O–H groups in total. The van der Waals surface area contributed by atoms with Crippen molar-refractivity contribution in [3.8, 4) is 56.2 Å². The summed E-state index contributed by atoms with van der Waals surface area (Å²) < 4.78 is 0. The minimum atomic E-state index is -0.131. The lowest BCUT2D eigenvalue weighted by Gasteiger charge is -2.21. The third-order valence-corrected chi connectivity index (χ3v) is 8.13. The molecule has 1 heterocycles. The molecule has 6 aromatic rings. The highest BCUT2D eigenvalue weighted by Crippen LogP contribution is 2.50. The Morgan fingerprint density at radius 2 is 1.10 bits per heavy atom. The molecule has 0 unspecified atom stereocenters. The molecule has 0 aliphatic heterocycles. The van der Waals surface area contributed by atoms with Gasteiger partial charge in [0.15, 0.2) is 11.5 Å². The summed E-state index contributed by atoms with van der Waals surface area (Å²) in [6, 6.07) is 43.9. The number of aromatic nitrogens is 2. The predicted molar refractivity (Wildman–Crippen MR) is 168 cm³/mol. The van der Waals surface area contributed by atoms with Crippen molar-refractivity contribution in [1.29, 1.82) is 0 Å². The third kappa shape index (κ3) is 4.31. The SMILES string of the molecule is [C-]#[N+]c1ccc2c(c1)C(C)(C)c1ccc(-c3ccc(-c4cc(-c5ccccc5)nc(-c5ccccc5)n4)cc3)cc1-2. The minimum absolute atomic E-state index is 0.131. The molecule has 0 atom stereocenters. The van der Waals surface area contributed by atoms with Crippen LogP contribution in [-0.4, -0.2) is 9.97 Å². The molecule has 0 radical (unpaired) electrons. The zero-order valence-electron chi connectivity index (χ0n) is 23.0. The number of nitrogens with zero attached hydrogens (tertiary/aromatic N) is 3. The van der Waals surface area contributed by atoms with Crippen LogP contribution in [0.15, 0.2) is 127 Å². The van der Waals surface area contributed by atoms with Crippen LogP contribution in [0.25, 0.3) is 61.0 Å². The molecule has 1 aliphatic rings. The van der Waals surface area contributed by atoms with Crippen LogP contribution in [0.4, 0.5) is 5.69 Å². The van der Waals surface area contributed by atoms with Crippen LogP contribution in [0.2, 0.25) is 0 Å². The number of benzene rings is 5. The quantitative estimate of drug-likeness (QED) is 0.214. The van der Waals surface area contributed by atoms with Gasteiger partial charge in [-0.15, -0.1) is 0 Å². The Morgan fingerprint density at radius 1 is 0.512 bits per heavy atom. The van der Waals surface area contributed by atoms with Gasteiger partial charge in [0.05, 0.1) is 18.0 Å². The van der Waals surface area contributed by atoms with Gasteiger partial charge in [-0.1, -0.05) is 129 Å². The second kappa shape index (κ2) is 9.70. The molecule has 5 aromatic carbocycles. The summed E-state index contributed by atoms with van der Waals surface area (Å²) in [5, 5.41) is 0. The van der Waals surface area contributed by atoms with Crippen molar-refractivity contribution in [2.75, 3.05) is 0 Å². The zero-order chi connectivity index (χ0) is 28.0. The first-order valence-electron chi connectivity index (χ1n) is 13.8. The van der Waals surface area contributed by atoms with Crippen LogP contribution in [0.5, 0.6) is 0 Å². The van der Waals surface area contributed by atoms with E-state index in [4.69, 9.17) is 16.5 Å². The van der Waals surface area contributed by atoms with E-state index < -0.39 is 0 Å². The van der Waals surface area contributed by atoms with E-state index in [-0.39, 0.29) is 5.41 Å². The third-order valence-electron chi connectivity index (χ3n) is 8.13. The first-order valence-corrected chi connectivity index (χ1v) is 13.8. The Labute approximate surface area is 240 Å². The fraction of sp³-hybridized carbons (Fsp3) is 0.0789. The lowest BCUT2D eigenvalue weighted by atomic mass is 9.82. The maximum atomic E-state index is 7.45. The van der Waals surface area contributed by atoms with E-state index in [2.05, 4.69) is 85.4 Å². The molecule has 7 rings (SSSR count). The summed E-state index contributed by atoms with van der Waals surface area (Å²) in [4.78, 5) is 13.5. The van der Waals surface area contributed by atoms with Gasteiger partial charge in [-0.2, -0.15) is 0 Å². The van der Waals surface area contributed by atoms with Crippen LogP contribution in [0.3, 0.4) is 0 Å². The number of hydrogen-bond acceptors (Lipinski definition) is 2. The molecule has 0 amide bonds. The maximum Gasteiger partial charge on any atom is 0.187 e. The maximum absolute atomic E-state index is 7.45. The van der Waals surface area contributed by atoms with Gasteiger partial charge < -0.3 is 0 Å². The highest BCUT2D eigenvalue weighted by Gasteiger charge is 2.35. The minimum Gasteiger partial charge on any atom is -0.238 e. The second-order valence-corrected chi connectivity index (χ2v) is 11.0. The van der Waals surface area contributed by atoms with E-state index in [9.17, 15) is 0 Å². The van der Waals surface area contributed by atoms with Gasteiger partial charge in [0.25, 0.3) is 0 Å². The van der Waals surface area contributed by atoms with E-state index in [1.807, 2.05) is 60.7 Å². The van der Waals surface area contributed by atoms with E-state index >= 15 is 0 Å². The van der Waals surface area contributed by atoms with Crippen molar-refractivity contribution >= 4 is 5.69 Å². The fourth-order valence-corrected chi connectivity index (χ4v) is 5.89. The van der Waals surface area contributed by atoms with Crippen LogP contribution in [0, 0.1) is 6.57 Å². The summed E-state index contributed by atoms with van der Waals surface area (Å²) in [6.07, 6.45) is 0. The lowest BCUT2D eigenvalue weighted by molar-refractivity contribution is 0.661. The molecule has 0 bridgehead atoms. The average Bonchev–Trinajstić information content (AvgIpc) is 3.27. The molecule has 194 valence electrons. The molecule has 0 spiro atoms. The summed E-state index contributed by atoms with van der Waals surface area (Å²) in [6.45, 7) is 11.9. The molecule has 3 heteroatoms. The lowest BCUT2D eigenvalue weighted by Crippen LogP contribution is -2.14. The first kappa shape index (κ1) is 24.7. The largest absolute Gasteiger partial charge is 0.238 e. The van der Waals surface area contributed by atoms with Crippen LogP contribution in [-0.2, 0) is 5.41 Å². The van der Waals surface area contributed by atoms with Crippen molar-refractivity contribution < 1.29 is 0 Å². The topological polar surface area (TPSA) is 30.1 Å². The second-order valence-electron chi connectivity index (χ2n) is 11.0. The summed E-state index contributed by atoms with van der Waals surface area (Å²) in [7, 11) is 0. The monoisotopic (exact) mass is 525 g/mol. The fourth-order valence-electron chi connectivity index (χ4n) is 5.89. The molecule has 1 aliphatic carbocycles. The molecule has 0 saturated carbocycles. The van der Waals surface area contributed by atoms with Gasteiger partial charge in [0.2, 0.25) is 0 Å². The van der Waals surface area contributed by atoms with Crippen LogP contribution >= 0.6 is 0 Å². The molecule has 0 fully saturated rings. The van der Waals surface area contributed by atoms with Crippen molar-refractivity contribution in [1.82, 2.24) is 9.97 Å². The molecule has 3 nitrogen and oxygen atoms in total. The van der Waals surface area contributed by atoms with Crippen LogP contribution < -0.4 is 0 Å². The Balaban J connectivity index is 1.28. The van der Waals surface area contributed by atoms with Gasteiger partial charge in [-0.3, -0.25) is 0 Å². The predicted octanol–water partition coefficient (Wildman–Crippen LogP) is 10.0. The number of hydrogen-bond donors (Lipinski definition) is 0. The molecule has 1 aromatic heterocycles. The Kier molecular flexibility index (Phi) is 5.84. The highest BCUT2D eigenvalue weighted by atomic mass is 14.9. The summed E-state index contributed by atoms with van der Waals surface area (Å²) in [5.74, 6) is 0.715. The summed E-state index contributed by atoms with van der Waals surface area (Å²) >= 11 is 0. The van der Waals surface area contributed by atoms with Gasteiger partial charge in [-0.25, -0.2) is 14.8 Å². The molecular formula is C38H27N3. The van der Waals surface area contributed by atoms with E-state index in [1.54, 1.807) is 0 Å². The van der Waals surface area contributed by atoms with Gasteiger partial charge >= 0.3 is 0 Å². The van der Waals surface area contributed by atoms with Gasteiger partial charge in [0.1, 0.15) is 0 Å². The van der Waals surface area contributed by atoms with Crippen molar-refractivity contribution in [3.05, 3.63) is 150 Å². The molecule has 41 heavy (non-hydrogen) atoms. The van der Waals surface area contributed by atoms with Gasteiger partial charge in [0, 0.05) is 22.1 Å². The van der Waals surface area contributed by atoms with Crippen molar-refractivity contribution in [2.24, 2.45) is 0 Å². The van der Waals surface area contributed by atoms with Crippen molar-refractivity contribution in [3.63, 3.8) is 0 Å². The first-order chi connectivity index (χ1) is 20.0. The summed E-state index contributed by atoms with van der Waals surface area (Å²) in [5.41, 5.74) is 12.8.